The predicted octanol–water partition coefficient (Wildman–Crippen LogP) is 2.65. The van der Waals surface area contributed by atoms with Crippen molar-refractivity contribution in [2.45, 2.75) is 6.54 Å². The van der Waals surface area contributed by atoms with Gasteiger partial charge in [-0.3, -0.25) is 13.9 Å². The Hall–Kier alpha value is -4.07. The highest BCUT2D eigenvalue weighted by molar-refractivity contribution is 5.97. The fourth-order valence-corrected chi connectivity index (χ4v) is 4.25. The second kappa shape index (κ2) is 7.26. The average molecular weight is 429 g/mol. The molecular weight excluding hydrogens is 406 g/mol. The molecule has 162 valence electrons. The van der Waals surface area contributed by atoms with Crippen LogP contribution in [0.2, 0.25) is 0 Å². The second-order valence-electron chi connectivity index (χ2n) is 7.91. The lowest BCUT2D eigenvalue weighted by Crippen LogP contribution is -2.37. The minimum atomic E-state index is -0.402. The Bertz CT molecular complexity index is 1600. The van der Waals surface area contributed by atoms with E-state index in [9.17, 15) is 9.59 Å². The number of ether oxygens (including phenoxy) is 1. The molecule has 0 atom stereocenters. The molecule has 8 heteroatoms. The van der Waals surface area contributed by atoms with Crippen molar-refractivity contribution in [1.29, 1.82) is 0 Å². The number of imidazole rings is 1. The van der Waals surface area contributed by atoms with Crippen LogP contribution in [0.15, 0.2) is 64.3 Å². The lowest BCUT2D eigenvalue weighted by molar-refractivity contribution is 0.415. The molecule has 3 aromatic heterocycles. The zero-order valence-corrected chi connectivity index (χ0v) is 18.4. The molecule has 8 nitrogen and oxygen atoms in total. The van der Waals surface area contributed by atoms with E-state index < -0.39 is 5.69 Å². The predicted molar refractivity (Wildman–Crippen MR) is 124 cm³/mol. The van der Waals surface area contributed by atoms with Crippen molar-refractivity contribution in [1.82, 2.24) is 23.3 Å². The van der Waals surface area contributed by atoms with Crippen molar-refractivity contribution in [2.75, 3.05) is 7.11 Å². The average Bonchev–Trinajstić information content (AvgIpc) is 3.34. The van der Waals surface area contributed by atoms with E-state index in [0.29, 0.717) is 23.5 Å². The fraction of sp³-hybridized carbons (Fsp3) is 0.208. The number of benzene rings is 2. The van der Waals surface area contributed by atoms with Gasteiger partial charge in [0.1, 0.15) is 11.6 Å². The van der Waals surface area contributed by atoms with Crippen molar-refractivity contribution in [3.05, 3.63) is 81.1 Å². The monoisotopic (exact) mass is 429 g/mol. The Balaban J connectivity index is 1.81. The highest BCUT2D eigenvalue weighted by Gasteiger charge is 2.21. The van der Waals surface area contributed by atoms with Gasteiger partial charge in [-0.1, -0.05) is 30.3 Å². The minimum Gasteiger partial charge on any atom is -0.497 e. The molecule has 0 amide bonds. The fourth-order valence-electron chi connectivity index (χ4n) is 4.25. The lowest BCUT2D eigenvalue weighted by Gasteiger charge is -2.06. The summed E-state index contributed by atoms with van der Waals surface area (Å²) in [4.78, 5) is 30.0. The number of rotatable bonds is 4. The van der Waals surface area contributed by atoms with Gasteiger partial charge in [-0.05, 0) is 23.8 Å². The summed E-state index contributed by atoms with van der Waals surface area (Å²) in [5.41, 5.74) is 3.05. The van der Waals surface area contributed by atoms with Crippen molar-refractivity contribution in [3.63, 3.8) is 0 Å². The van der Waals surface area contributed by atoms with Gasteiger partial charge in [0.2, 0.25) is 0 Å². The molecule has 2 aromatic carbocycles. The van der Waals surface area contributed by atoms with Gasteiger partial charge < -0.3 is 13.9 Å². The molecule has 0 radical (unpaired) electrons. The van der Waals surface area contributed by atoms with Crippen molar-refractivity contribution < 1.29 is 4.74 Å². The quantitative estimate of drug-likeness (QED) is 0.440. The van der Waals surface area contributed by atoms with E-state index in [1.54, 1.807) is 25.8 Å². The number of nitrogens with zero attached hydrogens (tertiary/aromatic N) is 5. The summed E-state index contributed by atoms with van der Waals surface area (Å²) < 4.78 is 11.9. The topological polar surface area (TPSA) is 76.0 Å². The van der Waals surface area contributed by atoms with E-state index >= 15 is 0 Å². The van der Waals surface area contributed by atoms with Crippen LogP contribution in [-0.4, -0.2) is 30.4 Å². The highest BCUT2D eigenvalue weighted by atomic mass is 16.5. The Morgan fingerprint density at radius 3 is 2.41 bits per heavy atom. The third kappa shape index (κ3) is 2.87. The number of aromatic nitrogens is 5. The van der Waals surface area contributed by atoms with Gasteiger partial charge in [0, 0.05) is 50.4 Å². The summed E-state index contributed by atoms with van der Waals surface area (Å²) in [6, 6.07) is 16.1. The maximum Gasteiger partial charge on any atom is 0.332 e. The molecule has 0 aliphatic carbocycles. The first kappa shape index (κ1) is 19.9. The molecule has 0 spiro atoms. The molecule has 0 saturated heterocycles. The summed E-state index contributed by atoms with van der Waals surface area (Å²) in [7, 11) is 6.55. The van der Waals surface area contributed by atoms with Crippen LogP contribution in [0.4, 0.5) is 0 Å². The maximum atomic E-state index is 12.8. The molecule has 0 aliphatic rings. The van der Waals surface area contributed by atoms with E-state index in [0.717, 1.165) is 26.8 Å². The SMILES string of the molecule is COc1ccc2c(c1)c(-c1nc3c(c(=O)n(C)c(=O)n3C)n1C)cn2Cc1ccccc1. The first-order valence-electron chi connectivity index (χ1n) is 10.2. The van der Waals surface area contributed by atoms with Gasteiger partial charge in [-0.2, -0.15) is 0 Å². The molecule has 0 fully saturated rings. The zero-order chi connectivity index (χ0) is 22.6. The van der Waals surface area contributed by atoms with Gasteiger partial charge in [0.25, 0.3) is 5.56 Å². The smallest absolute Gasteiger partial charge is 0.332 e. The number of aryl methyl sites for hydroxylation is 2. The molecule has 32 heavy (non-hydrogen) atoms. The number of hydrogen-bond acceptors (Lipinski definition) is 4. The van der Waals surface area contributed by atoms with Crippen LogP contribution in [0.25, 0.3) is 33.5 Å². The van der Waals surface area contributed by atoms with Gasteiger partial charge in [0.05, 0.1) is 7.11 Å². The van der Waals surface area contributed by atoms with Gasteiger partial charge in [-0.25, -0.2) is 9.78 Å². The van der Waals surface area contributed by atoms with E-state index in [2.05, 4.69) is 16.7 Å². The molecule has 0 aliphatic heterocycles. The molecule has 0 bridgehead atoms. The summed E-state index contributed by atoms with van der Waals surface area (Å²) in [6.45, 7) is 0.688. The van der Waals surface area contributed by atoms with Crippen molar-refractivity contribution in [3.8, 4) is 17.1 Å². The van der Waals surface area contributed by atoms with E-state index in [1.807, 2.05) is 42.6 Å². The summed E-state index contributed by atoms with van der Waals surface area (Å²) >= 11 is 0. The summed E-state index contributed by atoms with van der Waals surface area (Å²) in [5, 5.41) is 0.959. The van der Waals surface area contributed by atoms with Gasteiger partial charge >= 0.3 is 5.69 Å². The zero-order valence-electron chi connectivity index (χ0n) is 18.4. The molecule has 0 N–H and O–H groups in total. The molecule has 0 saturated carbocycles. The van der Waals surface area contributed by atoms with Crippen LogP contribution < -0.4 is 16.0 Å². The lowest BCUT2D eigenvalue weighted by atomic mass is 10.1. The Labute approximate surface area is 183 Å². The Morgan fingerprint density at radius 1 is 0.938 bits per heavy atom. The maximum absolute atomic E-state index is 12.8. The van der Waals surface area contributed by atoms with Crippen LogP contribution in [0.5, 0.6) is 5.75 Å². The largest absolute Gasteiger partial charge is 0.497 e. The standard InChI is InChI=1S/C24H23N5O3/c1-26-20-22(27(2)24(31)28(3)23(20)30)25-21(26)18-14-29(13-15-8-6-5-7-9-15)19-11-10-16(32-4)12-17(18)19/h5-12,14H,13H2,1-4H3. The first-order chi connectivity index (χ1) is 15.4. The number of fused-ring (bicyclic) bond motifs is 2. The van der Waals surface area contributed by atoms with Crippen LogP contribution in [0.3, 0.4) is 0 Å². The second-order valence-corrected chi connectivity index (χ2v) is 7.91. The third-order valence-corrected chi connectivity index (χ3v) is 6.00. The van der Waals surface area contributed by atoms with Gasteiger partial charge in [-0.15, -0.1) is 0 Å². The molecule has 0 unspecified atom stereocenters. The molecular formula is C24H23N5O3. The Kier molecular flexibility index (Phi) is 4.51. The van der Waals surface area contributed by atoms with Crippen LogP contribution in [-0.2, 0) is 27.7 Å². The number of methoxy groups -OCH3 is 1. The summed E-state index contributed by atoms with van der Waals surface area (Å²) in [6.07, 6.45) is 2.04. The normalized spacial score (nSPS) is 11.5. The van der Waals surface area contributed by atoms with E-state index in [4.69, 9.17) is 9.72 Å². The molecule has 3 heterocycles. The van der Waals surface area contributed by atoms with Crippen molar-refractivity contribution >= 4 is 22.1 Å². The minimum absolute atomic E-state index is 0.363. The number of hydrogen-bond donors (Lipinski definition) is 0. The summed E-state index contributed by atoms with van der Waals surface area (Å²) in [5.74, 6) is 1.35. The van der Waals surface area contributed by atoms with E-state index in [-0.39, 0.29) is 5.56 Å². The van der Waals surface area contributed by atoms with Crippen molar-refractivity contribution in [2.24, 2.45) is 21.1 Å². The van der Waals surface area contributed by atoms with Crippen LogP contribution in [0.1, 0.15) is 5.56 Å². The van der Waals surface area contributed by atoms with Gasteiger partial charge in [0.15, 0.2) is 11.2 Å². The Morgan fingerprint density at radius 2 is 1.69 bits per heavy atom. The first-order valence-corrected chi connectivity index (χ1v) is 10.2. The molecule has 5 aromatic rings. The van der Waals surface area contributed by atoms with Crippen LogP contribution in [0, 0.1) is 0 Å². The third-order valence-electron chi connectivity index (χ3n) is 6.00. The highest BCUT2D eigenvalue weighted by Crippen LogP contribution is 2.34. The molecule has 5 rings (SSSR count). The van der Waals surface area contributed by atoms with Crippen LogP contribution >= 0.6 is 0 Å². The van der Waals surface area contributed by atoms with E-state index in [1.165, 1.54) is 17.2 Å².